The normalized spacial score (nSPS) is 14.5. The van der Waals surface area contributed by atoms with E-state index in [-0.39, 0.29) is 23.8 Å². The first-order chi connectivity index (χ1) is 22.5. The van der Waals surface area contributed by atoms with E-state index in [1.807, 2.05) is 6.92 Å². The van der Waals surface area contributed by atoms with Crippen LogP contribution in [0.25, 0.3) is 17.4 Å². The van der Waals surface area contributed by atoms with Crippen molar-refractivity contribution in [2.75, 3.05) is 27.9 Å². The van der Waals surface area contributed by atoms with Crippen LogP contribution in [0.5, 0.6) is 17.2 Å². The molecular formula is C35H36N2O9S. The molecule has 1 aliphatic heterocycles. The Labute approximate surface area is 275 Å². The van der Waals surface area contributed by atoms with E-state index in [4.69, 9.17) is 28.1 Å². The second kappa shape index (κ2) is 13.7. The number of furan rings is 1. The second-order valence-corrected chi connectivity index (χ2v) is 12.0. The summed E-state index contributed by atoms with van der Waals surface area (Å²) in [5.41, 5.74) is 2.89. The van der Waals surface area contributed by atoms with Crippen LogP contribution in [0.4, 0.5) is 0 Å². The number of esters is 2. The molecule has 1 atom stereocenters. The van der Waals surface area contributed by atoms with Gasteiger partial charge in [-0.05, 0) is 82.1 Å². The van der Waals surface area contributed by atoms with Crippen molar-refractivity contribution in [3.05, 3.63) is 95.9 Å². The van der Waals surface area contributed by atoms with Crippen LogP contribution in [0.1, 0.15) is 61.0 Å². The summed E-state index contributed by atoms with van der Waals surface area (Å²) in [5, 5.41) is 0. The maximum atomic E-state index is 14.1. The molecule has 0 aliphatic carbocycles. The summed E-state index contributed by atoms with van der Waals surface area (Å²) < 4.78 is 35.3. The van der Waals surface area contributed by atoms with E-state index in [0.29, 0.717) is 54.9 Å². The Hall–Kier alpha value is -5.10. The second-order valence-electron chi connectivity index (χ2n) is 10.9. The Bertz CT molecular complexity index is 2040. The molecule has 0 spiro atoms. The molecule has 0 N–H and O–H groups in total. The number of carbonyl (C=O) groups is 2. The summed E-state index contributed by atoms with van der Waals surface area (Å²) in [6.45, 7) is 9.05. The molecule has 12 heteroatoms. The molecule has 0 radical (unpaired) electrons. The van der Waals surface area contributed by atoms with E-state index in [1.165, 1.54) is 37.2 Å². The number of rotatable bonds is 10. The monoisotopic (exact) mass is 660 g/mol. The molecule has 2 aromatic heterocycles. The van der Waals surface area contributed by atoms with E-state index >= 15 is 0 Å². The number of hydrogen-bond acceptors (Lipinski definition) is 11. The molecule has 3 heterocycles. The van der Waals surface area contributed by atoms with Gasteiger partial charge in [0.15, 0.2) is 16.3 Å². The Morgan fingerprint density at radius 3 is 2.30 bits per heavy atom. The minimum Gasteiger partial charge on any atom is -0.493 e. The number of benzene rings is 2. The zero-order valence-corrected chi connectivity index (χ0v) is 28.3. The summed E-state index contributed by atoms with van der Waals surface area (Å²) in [7, 11) is 4.49. The van der Waals surface area contributed by atoms with Crippen molar-refractivity contribution in [2.24, 2.45) is 4.99 Å². The van der Waals surface area contributed by atoms with E-state index < -0.39 is 18.0 Å². The lowest BCUT2D eigenvalue weighted by Gasteiger charge is -2.26. The Kier molecular flexibility index (Phi) is 9.71. The van der Waals surface area contributed by atoms with Crippen LogP contribution in [-0.2, 0) is 14.3 Å². The van der Waals surface area contributed by atoms with Crippen LogP contribution in [0.15, 0.2) is 67.9 Å². The predicted molar refractivity (Wildman–Crippen MR) is 176 cm³/mol. The van der Waals surface area contributed by atoms with Crippen LogP contribution < -0.4 is 29.1 Å². The molecule has 246 valence electrons. The molecule has 0 saturated heterocycles. The number of ether oxygens (including phenoxy) is 5. The molecule has 4 aromatic rings. The lowest BCUT2D eigenvalue weighted by molar-refractivity contribution is -0.139. The lowest BCUT2D eigenvalue weighted by atomic mass is 9.95. The first-order valence-electron chi connectivity index (χ1n) is 14.9. The molecule has 0 bridgehead atoms. The fraction of sp³-hybridized carbons (Fsp3) is 0.314. The van der Waals surface area contributed by atoms with Crippen LogP contribution >= 0.6 is 11.3 Å². The van der Waals surface area contributed by atoms with Gasteiger partial charge in [-0.3, -0.25) is 9.36 Å². The van der Waals surface area contributed by atoms with Gasteiger partial charge in [0.2, 0.25) is 5.75 Å². The minimum absolute atomic E-state index is 0.146. The first-order valence-corrected chi connectivity index (χ1v) is 15.7. The maximum absolute atomic E-state index is 14.1. The SMILES string of the molecule is CCOC(=O)C1=C(C)N=c2s/c(=C/c3ccc(-c4ccc(C(=O)OC(C)C)cc4C)o3)c(=O)n2[C@H]1c1cc(OC)c(OC)c(OC)c1. The number of carbonyl (C=O) groups excluding carboxylic acids is 2. The van der Waals surface area contributed by atoms with E-state index in [9.17, 15) is 14.4 Å². The quantitative estimate of drug-likeness (QED) is 0.217. The molecule has 2 aromatic carbocycles. The molecular weight excluding hydrogens is 624 g/mol. The number of fused-ring (bicyclic) bond motifs is 1. The van der Waals surface area contributed by atoms with Crippen LogP contribution in [-0.4, -0.2) is 50.5 Å². The van der Waals surface area contributed by atoms with Gasteiger partial charge in [0, 0.05) is 11.6 Å². The fourth-order valence-electron chi connectivity index (χ4n) is 5.42. The number of methoxy groups -OCH3 is 3. The van der Waals surface area contributed by atoms with Crippen molar-refractivity contribution in [1.82, 2.24) is 4.57 Å². The van der Waals surface area contributed by atoms with E-state index in [1.54, 1.807) is 76.2 Å². The molecule has 0 saturated carbocycles. The van der Waals surface area contributed by atoms with Gasteiger partial charge in [-0.25, -0.2) is 14.6 Å². The molecule has 5 rings (SSSR count). The zero-order chi connectivity index (χ0) is 34.0. The summed E-state index contributed by atoms with van der Waals surface area (Å²) >= 11 is 1.18. The van der Waals surface area contributed by atoms with Gasteiger partial charge in [-0.1, -0.05) is 17.4 Å². The van der Waals surface area contributed by atoms with E-state index in [0.717, 1.165) is 11.1 Å². The lowest BCUT2D eigenvalue weighted by Crippen LogP contribution is -2.40. The Morgan fingerprint density at radius 2 is 1.70 bits per heavy atom. The maximum Gasteiger partial charge on any atom is 0.338 e. The van der Waals surface area contributed by atoms with Crippen molar-refractivity contribution < 1.29 is 37.7 Å². The standard InChI is InChI=1S/C35H36N2O9S/c1-9-44-34(40)29-20(5)36-35-37(30(29)22-15-26(41-6)31(43-8)27(16-22)42-7)32(38)28(47-35)17-23-11-13-25(46-23)24-12-10-21(14-19(24)4)33(39)45-18(2)3/h10-18,30H,9H2,1-8H3/b28-17+/t30-/m0/s1. The number of aryl methyl sites for hydroxylation is 1. The number of allylic oxidation sites excluding steroid dienone is 1. The van der Waals surface area contributed by atoms with Crippen molar-refractivity contribution >= 4 is 29.4 Å². The van der Waals surface area contributed by atoms with Gasteiger partial charge in [-0.15, -0.1) is 0 Å². The van der Waals surface area contributed by atoms with Crippen molar-refractivity contribution in [2.45, 2.75) is 46.8 Å². The summed E-state index contributed by atoms with van der Waals surface area (Å²) in [6.07, 6.45) is 1.42. The molecule has 1 aliphatic rings. The third-order valence-corrected chi connectivity index (χ3v) is 8.47. The van der Waals surface area contributed by atoms with Crippen molar-refractivity contribution in [3.8, 4) is 28.6 Å². The topological polar surface area (TPSA) is 128 Å². The van der Waals surface area contributed by atoms with Crippen molar-refractivity contribution in [3.63, 3.8) is 0 Å². The van der Waals surface area contributed by atoms with Gasteiger partial charge in [0.1, 0.15) is 11.5 Å². The third-order valence-electron chi connectivity index (χ3n) is 7.49. The summed E-state index contributed by atoms with van der Waals surface area (Å²) in [4.78, 5) is 44.8. The largest absolute Gasteiger partial charge is 0.493 e. The summed E-state index contributed by atoms with van der Waals surface area (Å²) in [5.74, 6) is 1.14. The Morgan fingerprint density at radius 1 is 1.00 bits per heavy atom. The first kappa shape index (κ1) is 33.3. The van der Waals surface area contributed by atoms with Crippen LogP contribution in [0.3, 0.4) is 0 Å². The highest BCUT2D eigenvalue weighted by molar-refractivity contribution is 7.07. The zero-order valence-electron chi connectivity index (χ0n) is 27.5. The number of aromatic nitrogens is 1. The molecule has 47 heavy (non-hydrogen) atoms. The number of nitrogens with zero attached hydrogens (tertiary/aromatic N) is 2. The fourth-order valence-corrected chi connectivity index (χ4v) is 6.45. The van der Waals surface area contributed by atoms with Gasteiger partial charge in [-0.2, -0.15) is 0 Å². The molecule has 0 amide bonds. The minimum atomic E-state index is -0.892. The molecule has 11 nitrogen and oxygen atoms in total. The average molecular weight is 661 g/mol. The Balaban J connectivity index is 1.60. The number of hydrogen-bond donors (Lipinski definition) is 0. The number of thiazole rings is 1. The van der Waals surface area contributed by atoms with Crippen molar-refractivity contribution in [1.29, 1.82) is 0 Å². The molecule has 0 fully saturated rings. The van der Waals surface area contributed by atoms with Gasteiger partial charge in [0.25, 0.3) is 5.56 Å². The highest BCUT2D eigenvalue weighted by atomic mass is 32.1. The van der Waals surface area contributed by atoms with Crippen LogP contribution in [0, 0.1) is 6.92 Å². The summed E-state index contributed by atoms with van der Waals surface area (Å²) in [6, 6.07) is 11.3. The average Bonchev–Trinajstić information content (AvgIpc) is 3.62. The smallest absolute Gasteiger partial charge is 0.338 e. The highest BCUT2D eigenvalue weighted by Gasteiger charge is 2.35. The van der Waals surface area contributed by atoms with Gasteiger partial charge in [0.05, 0.1) is 61.4 Å². The van der Waals surface area contributed by atoms with Gasteiger partial charge >= 0.3 is 11.9 Å². The highest BCUT2D eigenvalue weighted by Crippen LogP contribution is 2.42. The molecule has 0 unspecified atom stereocenters. The van der Waals surface area contributed by atoms with Gasteiger partial charge < -0.3 is 28.1 Å². The third kappa shape index (κ3) is 6.46. The van der Waals surface area contributed by atoms with E-state index in [2.05, 4.69) is 4.99 Å². The predicted octanol–water partition coefficient (Wildman–Crippen LogP) is 4.96. The van der Waals surface area contributed by atoms with Crippen LogP contribution in [0.2, 0.25) is 0 Å².